The second-order valence-electron chi connectivity index (χ2n) is 7.07. The van der Waals surface area contributed by atoms with Gasteiger partial charge in [-0.2, -0.15) is 0 Å². The number of piperidine rings is 1. The number of rotatable bonds is 3. The number of hydrogen-bond donors (Lipinski definition) is 0. The number of nitrogens with zero attached hydrogens (tertiary/aromatic N) is 1. The Labute approximate surface area is 121 Å². The summed E-state index contributed by atoms with van der Waals surface area (Å²) in [5.74, 6) is -0.336. The van der Waals surface area contributed by atoms with E-state index in [-0.39, 0.29) is 17.9 Å². The standard InChI is InChI=1S/C15H27NO4/c1-14(2,3)12(17)20-16-9-7-8-11(10-16)15(4,5)13(18)19-6/h11H,7-10H2,1-6H3/t11-/m1/s1. The summed E-state index contributed by atoms with van der Waals surface area (Å²) in [5.41, 5.74) is -1.09. The first kappa shape index (κ1) is 17.0. The van der Waals surface area contributed by atoms with Crippen LogP contribution < -0.4 is 0 Å². The smallest absolute Gasteiger partial charge is 0.330 e. The van der Waals surface area contributed by atoms with Crippen LogP contribution in [0.5, 0.6) is 0 Å². The molecule has 0 aromatic carbocycles. The number of carbonyl (C=O) groups excluding carboxylic acids is 2. The Balaban J connectivity index is 2.68. The van der Waals surface area contributed by atoms with E-state index in [0.717, 1.165) is 19.4 Å². The summed E-state index contributed by atoms with van der Waals surface area (Å²) in [6.45, 7) is 10.6. The van der Waals surface area contributed by atoms with E-state index < -0.39 is 10.8 Å². The predicted molar refractivity (Wildman–Crippen MR) is 75.6 cm³/mol. The van der Waals surface area contributed by atoms with Gasteiger partial charge in [0.2, 0.25) is 0 Å². The zero-order valence-corrected chi connectivity index (χ0v) is 13.5. The van der Waals surface area contributed by atoms with Crippen molar-refractivity contribution in [3.05, 3.63) is 0 Å². The monoisotopic (exact) mass is 285 g/mol. The van der Waals surface area contributed by atoms with Crippen LogP contribution in [-0.2, 0) is 19.2 Å². The molecule has 5 nitrogen and oxygen atoms in total. The van der Waals surface area contributed by atoms with Crippen LogP contribution in [0.2, 0.25) is 0 Å². The van der Waals surface area contributed by atoms with Crippen LogP contribution in [0, 0.1) is 16.7 Å². The van der Waals surface area contributed by atoms with Crippen LogP contribution in [0.15, 0.2) is 0 Å². The highest BCUT2D eigenvalue weighted by Crippen LogP contribution is 2.35. The quantitative estimate of drug-likeness (QED) is 0.745. The van der Waals surface area contributed by atoms with Gasteiger partial charge >= 0.3 is 11.9 Å². The molecule has 0 spiro atoms. The summed E-state index contributed by atoms with van der Waals surface area (Å²) in [7, 11) is 1.41. The van der Waals surface area contributed by atoms with Gasteiger partial charge < -0.3 is 9.57 Å². The van der Waals surface area contributed by atoms with E-state index in [2.05, 4.69) is 0 Å². The highest BCUT2D eigenvalue weighted by Gasteiger charge is 2.41. The highest BCUT2D eigenvalue weighted by atomic mass is 16.7. The zero-order chi connectivity index (χ0) is 15.6. The molecule has 1 aliphatic heterocycles. The van der Waals surface area contributed by atoms with Gasteiger partial charge in [0.1, 0.15) is 0 Å². The summed E-state index contributed by atoms with van der Waals surface area (Å²) in [6.07, 6.45) is 1.84. The zero-order valence-electron chi connectivity index (χ0n) is 13.5. The molecule has 1 heterocycles. The topological polar surface area (TPSA) is 55.8 Å². The van der Waals surface area contributed by atoms with E-state index in [1.54, 1.807) is 5.06 Å². The molecule has 1 aliphatic rings. The number of esters is 1. The largest absolute Gasteiger partial charge is 0.469 e. The molecule has 116 valence electrons. The molecule has 0 N–H and O–H groups in total. The average Bonchev–Trinajstić information content (AvgIpc) is 2.36. The third-order valence-electron chi connectivity index (χ3n) is 3.94. The normalized spacial score (nSPS) is 21.4. The Morgan fingerprint density at radius 1 is 1.10 bits per heavy atom. The van der Waals surface area contributed by atoms with Gasteiger partial charge in [-0.05, 0) is 53.4 Å². The molecule has 0 bridgehead atoms. The van der Waals surface area contributed by atoms with Crippen molar-refractivity contribution in [1.82, 2.24) is 5.06 Å². The van der Waals surface area contributed by atoms with Crippen LogP contribution >= 0.6 is 0 Å². The van der Waals surface area contributed by atoms with Gasteiger partial charge in [-0.1, -0.05) is 0 Å². The second-order valence-corrected chi connectivity index (χ2v) is 7.07. The minimum atomic E-state index is -0.568. The second kappa shape index (κ2) is 6.12. The summed E-state index contributed by atoms with van der Waals surface area (Å²) < 4.78 is 4.87. The lowest BCUT2D eigenvalue weighted by Gasteiger charge is -2.39. The van der Waals surface area contributed by atoms with Crippen molar-refractivity contribution in [2.24, 2.45) is 16.7 Å². The minimum absolute atomic E-state index is 0.122. The molecule has 1 rings (SSSR count). The first-order chi connectivity index (χ1) is 9.09. The lowest BCUT2D eigenvalue weighted by molar-refractivity contribution is -0.211. The third-order valence-corrected chi connectivity index (χ3v) is 3.94. The average molecular weight is 285 g/mol. The summed E-state index contributed by atoms with van der Waals surface area (Å²) in [5, 5.41) is 1.69. The van der Waals surface area contributed by atoms with Crippen molar-refractivity contribution >= 4 is 11.9 Å². The molecular weight excluding hydrogens is 258 g/mol. The first-order valence-electron chi connectivity index (χ1n) is 7.14. The van der Waals surface area contributed by atoms with Gasteiger partial charge in [0.15, 0.2) is 0 Å². The molecule has 5 heteroatoms. The third kappa shape index (κ3) is 3.95. The van der Waals surface area contributed by atoms with Crippen molar-refractivity contribution in [1.29, 1.82) is 0 Å². The molecule has 0 amide bonds. The summed E-state index contributed by atoms with van der Waals surface area (Å²) >= 11 is 0. The van der Waals surface area contributed by atoms with Crippen molar-refractivity contribution in [2.45, 2.75) is 47.5 Å². The van der Waals surface area contributed by atoms with Crippen LogP contribution in [0.1, 0.15) is 47.5 Å². The minimum Gasteiger partial charge on any atom is -0.469 e. The summed E-state index contributed by atoms with van der Waals surface area (Å²) in [4.78, 5) is 29.2. The fraction of sp³-hybridized carbons (Fsp3) is 0.867. The van der Waals surface area contributed by atoms with Crippen LogP contribution in [-0.4, -0.2) is 37.2 Å². The fourth-order valence-electron chi connectivity index (χ4n) is 2.30. The van der Waals surface area contributed by atoms with Crippen molar-refractivity contribution in [3.63, 3.8) is 0 Å². The van der Waals surface area contributed by atoms with E-state index in [4.69, 9.17) is 9.57 Å². The number of carbonyl (C=O) groups is 2. The molecule has 0 aromatic rings. The highest BCUT2D eigenvalue weighted by molar-refractivity contribution is 5.76. The van der Waals surface area contributed by atoms with Gasteiger partial charge in [0.25, 0.3) is 0 Å². The van der Waals surface area contributed by atoms with E-state index in [0.29, 0.717) is 6.54 Å². The maximum absolute atomic E-state index is 11.9. The lowest BCUT2D eigenvalue weighted by atomic mass is 9.75. The first-order valence-corrected chi connectivity index (χ1v) is 7.14. The van der Waals surface area contributed by atoms with Crippen molar-refractivity contribution < 1.29 is 19.2 Å². The molecular formula is C15H27NO4. The molecule has 1 atom stereocenters. The van der Waals surface area contributed by atoms with Crippen LogP contribution in [0.4, 0.5) is 0 Å². The van der Waals surface area contributed by atoms with Crippen LogP contribution in [0.3, 0.4) is 0 Å². The van der Waals surface area contributed by atoms with Gasteiger partial charge in [0.05, 0.1) is 17.9 Å². The Hall–Kier alpha value is -1.10. The van der Waals surface area contributed by atoms with E-state index >= 15 is 0 Å². The Kier molecular flexibility index (Phi) is 5.19. The SMILES string of the molecule is COC(=O)C(C)(C)[C@@H]1CCCN(OC(=O)C(C)(C)C)C1. The van der Waals surface area contributed by atoms with Crippen LogP contribution in [0.25, 0.3) is 0 Å². The van der Waals surface area contributed by atoms with Gasteiger partial charge in [-0.15, -0.1) is 5.06 Å². The Morgan fingerprint density at radius 3 is 2.20 bits per heavy atom. The lowest BCUT2D eigenvalue weighted by Crippen LogP contribution is -2.46. The molecule has 0 saturated carbocycles. The fourth-order valence-corrected chi connectivity index (χ4v) is 2.30. The number of hydrogen-bond acceptors (Lipinski definition) is 5. The maximum atomic E-state index is 11.9. The summed E-state index contributed by atoms with van der Waals surface area (Å²) in [6, 6.07) is 0. The van der Waals surface area contributed by atoms with Crippen molar-refractivity contribution in [3.8, 4) is 0 Å². The molecule has 0 radical (unpaired) electrons. The predicted octanol–water partition coefficient (Wildman–Crippen LogP) is 2.40. The molecule has 0 unspecified atom stereocenters. The molecule has 1 saturated heterocycles. The molecule has 1 fully saturated rings. The van der Waals surface area contributed by atoms with E-state index in [1.165, 1.54) is 7.11 Å². The van der Waals surface area contributed by atoms with Gasteiger partial charge in [-0.3, -0.25) is 4.79 Å². The van der Waals surface area contributed by atoms with Gasteiger partial charge in [-0.25, -0.2) is 4.79 Å². The maximum Gasteiger partial charge on any atom is 0.330 e. The molecule has 0 aliphatic carbocycles. The van der Waals surface area contributed by atoms with E-state index in [1.807, 2.05) is 34.6 Å². The number of ether oxygens (including phenoxy) is 1. The number of methoxy groups -OCH3 is 1. The van der Waals surface area contributed by atoms with Gasteiger partial charge in [0, 0.05) is 13.1 Å². The van der Waals surface area contributed by atoms with Crippen molar-refractivity contribution in [2.75, 3.05) is 20.2 Å². The Bertz CT molecular complexity index is 371. The Morgan fingerprint density at radius 2 is 1.70 bits per heavy atom. The molecule has 0 aromatic heterocycles. The van der Waals surface area contributed by atoms with E-state index in [9.17, 15) is 9.59 Å². The molecule has 20 heavy (non-hydrogen) atoms. The number of hydroxylamine groups is 2.